The molecule has 1 fully saturated rings. The van der Waals surface area contributed by atoms with E-state index in [-0.39, 0.29) is 11.9 Å². The fraction of sp³-hybridized carbons (Fsp3) is 0.312. The Hall–Kier alpha value is -2.03. The van der Waals surface area contributed by atoms with Gasteiger partial charge in [-0.05, 0) is 31.4 Å². The third-order valence-electron chi connectivity index (χ3n) is 3.79. The van der Waals surface area contributed by atoms with Gasteiger partial charge in [-0.1, -0.05) is 30.3 Å². The van der Waals surface area contributed by atoms with Crippen molar-refractivity contribution in [3.8, 4) is 0 Å². The van der Waals surface area contributed by atoms with Gasteiger partial charge in [-0.2, -0.15) is 0 Å². The van der Waals surface area contributed by atoms with Crippen LogP contribution in [0.4, 0.5) is 0 Å². The van der Waals surface area contributed by atoms with Crippen LogP contribution in [0.3, 0.4) is 0 Å². The third-order valence-corrected chi connectivity index (χ3v) is 3.79. The minimum atomic E-state index is 0.0811. The van der Waals surface area contributed by atoms with Crippen LogP contribution in [0.1, 0.15) is 40.6 Å². The zero-order valence-corrected chi connectivity index (χ0v) is 11.0. The molecule has 19 heavy (non-hydrogen) atoms. The maximum atomic E-state index is 12.6. The van der Waals surface area contributed by atoms with Crippen LogP contribution in [0, 0.1) is 6.92 Å². The Morgan fingerprint density at radius 2 is 2.05 bits per heavy atom. The Kier molecular flexibility index (Phi) is 3.11. The molecule has 1 atom stereocenters. The molecule has 0 saturated carbocycles. The number of hydrogen-bond donors (Lipinski definition) is 0. The topological polar surface area (TPSA) is 33.5 Å². The van der Waals surface area contributed by atoms with E-state index in [1.807, 2.05) is 30.0 Å². The van der Waals surface area contributed by atoms with Crippen LogP contribution >= 0.6 is 0 Å². The standard InChI is InChI=1S/C16H17NO2/c1-12-14(9-11-19-12)16(18)17-10-5-8-15(17)13-6-3-2-4-7-13/h2-4,6-7,9,11,15H,5,8,10H2,1H3. The van der Waals surface area contributed by atoms with Gasteiger partial charge < -0.3 is 9.32 Å². The highest BCUT2D eigenvalue weighted by Gasteiger charge is 2.31. The molecule has 3 heteroatoms. The predicted molar refractivity (Wildman–Crippen MR) is 72.9 cm³/mol. The summed E-state index contributed by atoms with van der Waals surface area (Å²) in [6.07, 6.45) is 3.67. The molecule has 0 radical (unpaired) electrons. The van der Waals surface area contributed by atoms with E-state index >= 15 is 0 Å². The van der Waals surface area contributed by atoms with Crippen molar-refractivity contribution in [2.24, 2.45) is 0 Å². The van der Waals surface area contributed by atoms with Gasteiger partial charge in [0.25, 0.3) is 5.91 Å². The second-order valence-corrected chi connectivity index (χ2v) is 4.96. The number of hydrogen-bond acceptors (Lipinski definition) is 2. The summed E-state index contributed by atoms with van der Waals surface area (Å²) >= 11 is 0. The first-order valence-electron chi connectivity index (χ1n) is 6.67. The number of aryl methyl sites for hydroxylation is 1. The Morgan fingerprint density at radius 1 is 1.26 bits per heavy atom. The zero-order valence-electron chi connectivity index (χ0n) is 11.0. The van der Waals surface area contributed by atoms with Crippen molar-refractivity contribution >= 4 is 5.91 Å². The minimum absolute atomic E-state index is 0.0811. The molecule has 0 N–H and O–H groups in total. The second kappa shape index (κ2) is 4.92. The predicted octanol–water partition coefficient (Wildman–Crippen LogP) is 3.57. The molecule has 1 aliphatic heterocycles. The number of nitrogens with zero attached hydrogens (tertiary/aromatic N) is 1. The van der Waals surface area contributed by atoms with Crippen molar-refractivity contribution < 1.29 is 9.21 Å². The molecule has 1 aliphatic rings. The number of likely N-dealkylation sites (tertiary alicyclic amines) is 1. The first-order valence-corrected chi connectivity index (χ1v) is 6.67. The molecular weight excluding hydrogens is 238 g/mol. The van der Waals surface area contributed by atoms with Gasteiger partial charge in [0.2, 0.25) is 0 Å². The molecule has 1 amide bonds. The summed E-state index contributed by atoms with van der Waals surface area (Å²) in [4.78, 5) is 14.5. The zero-order chi connectivity index (χ0) is 13.2. The van der Waals surface area contributed by atoms with Gasteiger partial charge in [-0.3, -0.25) is 4.79 Å². The van der Waals surface area contributed by atoms with E-state index in [2.05, 4.69) is 12.1 Å². The number of benzene rings is 1. The lowest BCUT2D eigenvalue weighted by atomic mass is 10.0. The second-order valence-electron chi connectivity index (χ2n) is 4.96. The highest BCUT2D eigenvalue weighted by Crippen LogP contribution is 2.33. The van der Waals surface area contributed by atoms with E-state index < -0.39 is 0 Å². The van der Waals surface area contributed by atoms with E-state index in [4.69, 9.17) is 4.42 Å². The smallest absolute Gasteiger partial charge is 0.257 e. The average molecular weight is 255 g/mol. The Morgan fingerprint density at radius 3 is 2.74 bits per heavy atom. The first-order chi connectivity index (χ1) is 9.27. The fourth-order valence-corrected chi connectivity index (χ4v) is 2.79. The first kappa shape index (κ1) is 12.0. The lowest BCUT2D eigenvalue weighted by Crippen LogP contribution is -2.30. The Balaban J connectivity index is 1.88. The molecular formula is C16H17NO2. The lowest BCUT2D eigenvalue weighted by molar-refractivity contribution is 0.0734. The van der Waals surface area contributed by atoms with E-state index in [1.54, 1.807) is 12.3 Å². The van der Waals surface area contributed by atoms with Crippen molar-refractivity contribution in [2.45, 2.75) is 25.8 Å². The maximum Gasteiger partial charge on any atom is 0.257 e. The molecule has 0 spiro atoms. The number of rotatable bonds is 2. The molecule has 2 heterocycles. The SMILES string of the molecule is Cc1occc1C(=O)N1CCCC1c1ccccc1. The highest BCUT2D eigenvalue weighted by atomic mass is 16.3. The van der Waals surface area contributed by atoms with E-state index in [0.717, 1.165) is 19.4 Å². The van der Waals surface area contributed by atoms with Gasteiger partial charge in [0.15, 0.2) is 0 Å². The third kappa shape index (κ3) is 2.16. The number of furan rings is 1. The van der Waals surface area contributed by atoms with Crippen molar-refractivity contribution in [3.63, 3.8) is 0 Å². The highest BCUT2D eigenvalue weighted by molar-refractivity contribution is 5.95. The summed E-state index contributed by atoms with van der Waals surface area (Å²) in [5.74, 6) is 0.779. The normalized spacial score (nSPS) is 18.8. The molecule has 3 rings (SSSR count). The quantitative estimate of drug-likeness (QED) is 0.822. The molecule has 0 aliphatic carbocycles. The van der Waals surface area contributed by atoms with Gasteiger partial charge >= 0.3 is 0 Å². The summed E-state index contributed by atoms with van der Waals surface area (Å²) in [7, 11) is 0. The Labute approximate surface area is 112 Å². The van der Waals surface area contributed by atoms with E-state index in [0.29, 0.717) is 11.3 Å². The van der Waals surface area contributed by atoms with Gasteiger partial charge in [-0.15, -0.1) is 0 Å². The monoisotopic (exact) mass is 255 g/mol. The van der Waals surface area contributed by atoms with Gasteiger partial charge in [0.1, 0.15) is 5.76 Å². The largest absolute Gasteiger partial charge is 0.469 e. The summed E-state index contributed by atoms with van der Waals surface area (Å²) in [5, 5.41) is 0. The van der Waals surface area contributed by atoms with Crippen LogP contribution in [-0.2, 0) is 0 Å². The molecule has 1 unspecified atom stereocenters. The van der Waals surface area contributed by atoms with Crippen LogP contribution < -0.4 is 0 Å². The van der Waals surface area contributed by atoms with Gasteiger partial charge in [0.05, 0.1) is 17.9 Å². The number of amides is 1. The van der Waals surface area contributed by atoms with Gasteiger partial charge in [0, 0.05) is 6.54 Å². The van der Waals surface area contributed by atoms with Gasteiger partial charge in [-0.25, -0.2) is 0 Å². The fourth-order valence-electron chi connectivity index (χ4n) is 2.79. The summed E-state index contributed by atoms with van der Waals surface area (Å²) in [6, 6.07) is 12.2. The molecule has 98 valence electrons. The van der Waals surface area contributed by atoms with Crippen LogP contribution in [0.25, 0.3) is 0 Å². The van der Waals surface area contributed by atoms with E-state index in [1.165, 1.54) is 5.56 Å². The Bertz CT molecular complexity index is 573. The molecule has 1 aromatic carbocycles. The van der Waals surface area contributed by atoms with Crippen molar-refractivity contribution in [1.82, 2.24) is 4.90 Å². The van der Waals surface area contributed by atoms with Crippen LogP contribution in [-0.4, -0.2) is 17.4 Å². The molecule has 3 nitrogen and oxygen atoms in total. The number of carbonyl (C=O) groups is 1. The summed E-state index contributed by atoms with van der Waals surface area (Å²) < 4.78 is 5.24. The number of carbonyl (C=O) groups excluding carboxylic acids is 1. The van der Waals surface area contributed by atoms with Crippen molar-refractivity contribution in [2.75, 3.05) is 6.54 Å². The van der Waals surface area contributed by atoms with Crippen LogP contribution in [0.5, 0.6) is 0 Å². The van der Waals surface area contributed by atoms with Crippen molar-refractivity contribution in [1.29, 1.82) is 0 Å². The maximum absolute atomic E-state index is 12.6. The van der Waals surface area contributed by atoms with Crippen molar-refractivity contribution in [3.05, 3.63) is 59.5 Å². The molecule has 2 aromatic rings. The van der Waals surface area contributed by atoms with Crippen LogP contribution in [0.15, 0.2) is 47.1 Å². The lowest BCUT2D eigenvalue weighted by Gasteiger charge is -2.24. The average Bonchev–Trinajstić information content (AvgIpc) is 3.07. The molecule has 0 bridgehead atoms. The summed E-state index contributed by atoms with van der Waals surface area (Å²) in [6.45, 7) is 2.66. The summed E-state index contributed by atoms with van der Waals surface area (Å²) in [5.41, 5.74) is 1.90. The van der Waals surface area contributed by atoms with E-state index in [9.17, 15) is 4.79 Å². The molecule has 1 aromatic heterocycles. The van der Waals surface area contributed by atoms with Crippen LogP contribution in [0.2, 0.25) is 0 Å². The molecule has 1 saturated heterocycles. The minimum Gasteiger partial charge on any atom is -0.469 e.